The molecule has 0 saturated carbocycles. The molecule has 0 spiro atoms. The van der Waals surface area contributed by atoms with Gasteiger partial charge in [0.25, 0.3) is 5.56 Å². The minimum atomic E-state index is -0.800. The molecule has 3 rings (SSSR count). The van der Waals surface area contributed by atoms with Crippen LogP contribution in [0.15, 0.2) is 11.0 Å². The highest BCUT2D eigenvalue weighted by Crippen LogP contribution is 2.31. The van der Waals surface area contributed by atoms with Gasteiger partial charge in [0.1, 0.15) is 12.3 Å². The third-order valence-electron chi connectivity index (χ3n) is 3.55. The van der Waals surface area contributed by atoms with Crippen molar-refractivity contribution < 1.29 is 14.9 Å². The average molecular weight is 290 g/mol. The Bertz CT molecular complexity index is 788. The standard InChI is InChI=1S/C13H14N4O4/c1-2-6-4-17(9-3-7(19)8(5-18)21-9)11-10(6)12(20)16-13(14)15-11/h1,4,7-9,18-19H,3,5H2,(H3,14,15,16,20)/t7?,8-,9-/m1/s1. The lowest BCUT2D eigenvalue weighted by Gasteiger charge is -2.14. The van der Waals surface area contributed by atoms with E-state index in [2.05, 4.69) is 15.9 Å². The minimum absolute atomic E-state index is 0.0346. The summed E-state index contributed by atoms with van der Waals surface area (Å²) in [6.45, 7) is -0.297. The van der Waals surface area contributed by atoms with E-state index in [-0.39, 0.29) is 24.4 Å². The highest BCUT2D eigenvalue weighted by atomic mass is 16.5. The van der Waals surface area contributed by atoms with Gasteiger partial charge in [0, 0.05) is 12.6 Å². The molecule has 3 atom stereocenters. The highest BCUT2D eigenvalue weighted by molar-refractivity contribution is 5.83. The van der Waals surface area contributed by atoms with Crippen molar-refractivity contribution in [1.82, 2.24) is 14.5 Å². The fraction of sp³-hybridized carbons (Fsp3) is 0.385. The van der Waals surface area contributed by atoms with Crippen LogP contribution in [0.2, 0.25) is 0 Å². The first-order valence-electron chi connectivity index (χ1n) is 6.36. The van der Waals surface area contributed by atoms with E-state index in [0.29, 0.717) is 11.2 Å². The van der Waals surface area contributed by atoms with Crippen molar-refractivity contribution in [3.63, 3.8) is 0 Å². The van der Waals surface area contributed by atoms with Crippen LogP contribution >= 0.6 is 0 Å². The van der Waals surface area contributed by atoms with E-state index in [4.69, 9.17) is 22.0 Å². The first kappa shape index (κ1) is 13.6. The number of nitrogen functional groups attached to an aromatic ring is 1. The van der Waals surface area contributed by atoms with Crippen LogP contribution in [-0.2, 0) is 4.74 Å². The summed E-state index contributed by atoms with van der Waals surface area (Å²) in [6, 6.07) is 0. The molecule has 1 unspecified atom stereocenters. The van der Waals surface area contributed by atoms with Gasteiger partial charge in [-0.3, -0.25) is 9.78 Å². The quantitative estimate of drug-likeness (QED) is 0.522. The Morgan fingerprint density at radius 3 is 3.05 bits per heavy atom. The zero-order valence-corrected chi connectivity index (χ0v) is 11.0. The molecule has 2 aromatic heterocycles. The van der Waals surface area contributed by atoms with Crippen molar-refractivity contribution >= 4 is 17.0 Å². The smallest absolute Gasteiger partial charge is 0.263 e. The van der Waals surface area contributed by atoms with Crippen molar-refractivity contribution in [2.75, 3.05) is 12.3 Å². The number of aromatic amines is 1. The Kier molecular flexibility index (Phi) is 3.17. The molecule has 2 aromatic rings. The van der Waals surface area contributed by atoms with Crippen molar-refractivity contribution in [2.45, 2.75) is 24.9 Å². The Morgan fingerprint density at radius 2 is 2.43 bits per heavy atom. The third kappa shape index (κ3) is 2.08. The van der Waals surface area contributed by atoms with Crippen LogP contribution < -0.4 is 11.3 Å². The van der Waals surface area contributed by atoms with Gasteiger partial charge < -0.3 is 25.3 Å². The number of aromatic nitrogens is 3. The van der Waals surface area contributed by atoms with E-state index in [1.165, 1.54) is 0 Å². The first-order valence-corrected chi connectivity index (χ1v) is 6.36. The number of ether oxygens (including phenoxy) is 1. The lowest BCUT2D eigenvalue weighted by atomic mass is 10.2. The number of aliphatic hydroxyl groups excluding tert-OH is 2. The highest BCUT2D eigenvalue weighted by Gasteiger charge is 2.35. The Hall–Kier alpha value is -2.34. The maximum Gasteiger partial charge on any atom is 0.263 e. The van der Waals surface area contributed by atoms with E-state index in [1.807, 2.05) is 0 Å². The van der Waals surface area contributed by atoms with Gasteiger partial charge >= 0.3 is 0 Å². The van der Waals surface area contributed by atoms with E-state index in [0.717, 1.165) is 0 Å². The molecule has 8 heteroatoms. The molecule has 1 saturated heterocycles. The second kappa shape index (κ2) is 4.89. The van der Waals surface area contributed by atoms with Gasteiger partial charge in [-0.25, -0.2) is 0 Å². The summed E-state index contributed by atoms with van der Waals surface area (Å²) in [5.41, 5.74) is 5.79. The molecule has 1 fully saturated rings. The van der Waals surface area contributed by atoms with Crippen LogP contribution in [-0.4, -0.2) is 43.6 Å². The number of rotatable bonds is 2. The van der Waals surface area contributed by atoms with Gasteiger partial charge in [-0.15, -0.1) is 6.42 Å². The number of hydrogen-bond acceptors (Lipinski definition) is 6. The SMILES string of the molecule is C#Cc1cn([C@H]2CC(O)[C@@H](CO)O2)c2nc(N)[nH]c(=O)c12. The fourth-order valence-corrected chi connectivity index (χ4v) is 2.55. The predicted octanol–water partition coefficient (Wildman–Crippen LogP) is -1.07. The third-order valence-corrected chi connectivity index (χ3v) is 3.55. The molecule has 1 aliphatic heterocycles. The summed E-state index contributed by atoms with van der Waals surface area (Å²) in [6.07, 6.45) is 5.17. The number of H-pyrrole nitrogens is 1. The van der Waals surface area contributed by atoms with E-state index < -0.39 is 24.0 Å². The fourth-order valence-electron chi connectivity index (χ4n) is 2.55. The van der Waals surface area contributed by atoms with Gasteiger partial charge in [-0.05, 0) is 0 Å². The van der Waals surface area contributed by atoms with Gasteiger partial charge in [0.2, 0.25) is 5.95 Å². The number of terminal acetylenes is 1. The van der Waals surface area contributed by atoms with Crippen molar-refractivity contribution in [3.8, 4) is 12.3 Å². The lowest BCUT2D eigenvalue weighted by molar-refractivity contribution is -0.0430. The van der Waals surface area contributed by atoms with Crippen LogP contribution in [0.3, 0.4) is 0 Å². The summed E-state index contributed by atoms with van der Waals surface area (Å²) >= 11 is 0. The molecule has 110 valence electrons. The number of fused-ring (bicyclic) bond motifs is 1. The van der Waals surface area contributed by atoms with Crippen molar-refractivity contribution in [3.05, 3.63) is 22.1 Å². The average Bonchev–Trinajstić information content (AvgIpc) is 2.98. The van der Waals surface area contributed by atoms with Crippen LogP contribution in [0, 0.1) is 12.3 Å². The van der Waals surface area contributed by atoms with Crippen molar-refractivity contribution in [2.24, 2.45) is 0 Å². The minimum Gasteiger partial charge on any atom is -0.394 e. The normalized spacial score (nSPS) is 25.3. The largest absolute Gasteiger partial charge is 0.394 e. The molecular formula is C13H14N4O4. The second-order valence-electron chi connectivity index (χ2n) is 4.86. The van der Waals surface area contributed by atoms with Crippen LogP contribution in [0.5, 0.6) is 0 Å². The van der Waals surface area contributed by atoms with Gasteiger partial charge in [-0.2, -0.15) is 4.98 Å². The number of anilines is 1. The van der Waals surface area contributed by atoms with Crippen molar-refractivity contribution in [1.29, 1.82) is 0 Å². The number of aliphatic hydroxyl groups is 2. The molecule has 8 nitrogen and oxygen atoms in total. The Labute approximate surface area is 119 Å². The van der Waals surface area contributed by atoms with Gasteiger partial charge in [0.05, 0.1) is 23.7 Å². The molecule has 0 bridgehead atoms. The van der Waals surface area contributed by atoms with E-state index >= 15 is 0 Å². The summed E-state index contributed by atoms with van der Waals surface area (Å²) in [5.74, 6) is 2.39. The Balaban J connectivity index is 2.16. The lowest BCUT2D eigenvalue weighted by Crippen LogP contribution is -2.24. The summed E-state index contributed by atoms with van der Waals surface area (Å²) < 4.78 is 7.12. The summed E-state index contributed by atoms with van der Waals surface area (Å²) in [5, 5.41) is 19.2. The Morgan fingerprint density at radius 1 is 1.67 bits per heavy atom. The van der Waals surface area contributed by atoms with Crippen LogP contribution in [0.1, 0.15) is 18.2 Å². The predicted molar refractivity (Wildman–Crippen MR) is 74.3 cm³/mol. The molecular weight excluding hydrogens is 276 g/mol. The molecule has 1 aliphatic rings. The monoisotopic (exact) mass is 290 g/mol. The number of hydrogen-bond donors (Lipinski definition) is 4. The summed E-state index contributed by atoms with van der Waals surface area (Å²) in [4.78, 5) is 18.5. The first-order chi connectivity index (χ1) is 10.0. The molecule has 21 heavy (non-hydrogen) atoms. The molecule has 0 aromatic carbocycles. The topological polar surface area (TPSA) is 126 Å². The molecule has 0 aliphatic carbocycles. The number of nitrogens with zero attached hydrogens (tertiary/aromatic N) is 2. The molecule has 5 N–H and O–H groups in total. The van der Waals surface area contributed by atoms with E-state index in [9.17, 15) is 9.90 Å². The maximum absolute atomic E-state index is 12.0. The number of nitrogens with one attached hydrogen (secondary N) is 1. The van der Waals surface area contributed by atoms with Gasteiger partial charge in [-0.1, -0.05) is 5.92 Å². The van der Waals surface area contributed by atoms with Gasteiger partial charge in [0.15, 0.2) is 5.65 Å². The summed E-state index contributed by atoms with van der Waals surface area (Å²) in [7, 11) is 0. The molecule has 0 amide bonds. The number of nitrogens with two attached hydrogens (primary N) is 1. The van der Waals surface area contributed by atoms with Crippen LogP contribution in [0.4, 0.5) is 5.95 Å². The molecule has 0 radical (unpaired) electrons. The second-order valence-corrected chi connectivity index (χ2v) is 4.86. The zero-order valence-electron chi connectivity index (χ0n) is 11.0. The van der Waals surface area contributed by atoms with Crippen LogP contribution in [0.25, 0.3) is 11.0 Å². The maximum atomic E-state index is 12.0. The zero-order chi connectivity index (χ0) is 15.1. The van der Waals surface area contributed by atoms with E-state index in [1.54, 1.807) is 10.8 Å². The molecule has 3 heterocycles.